The molecule has 3 nitrogen and oxygen atoms in total. The molecule has 4 rings (SSSR count). The summed E-state index contributed by atoms with van der Waals surface area (Å²) in [6, 6.07) is 18.0. The minimum Gasteiger partial charge on any atom is -0.484 e. The van der Waals surface area contributed by atoms with Gasteiger partial charge in [0.1, 0.15) is 11.9 Å². The molecular formula is C22H20Cl2N2O. The second-order valence-corrected chi connectivity index (χ2v) is 7.58. The fraction of sp³-hybridized carbons (Fsp3) is 0.227. The molecule has 0 radical (unpaired) electrons. The Morgan fingerprint density at radius 3 is 2.56 bits per heavy atom. The first-order valence-corrected chi connectivity index (χ1v) is 9.79. The van der Waals surface area contributed by atoms with Gasteiger partial charge in [0.05, 0.1) is 10.0 Å². The van der Waals surface area contributed by atoms with Crippen molar-refractivity contribution < 1.29 is 4.74 Å². The zero-order valence-corrected chi connectivity index (χ0v) is 16.3. The molecule has 1 N–H and O–H groups in total. The molecule has 0 amide bonds. The average Bonchev–Trinajstić information content (AvgIpc) is 3.22. The fourth-order valence-electron chi connectivity index (χ4n) is 3.50. The Kier molecular flexibility index (Phi) is 5.63. The Balaban J connectivity index is 1.63. The number of benzene rings is 2. The molecule has 3 aromatic rings. The van der Waals surface area contributed by atoms with Gasteiger partial charge in [0.25, 0.3) is 0 Å². The van der Waals surface area contributed by atoms with Crippen molar-refractivity contribution in [2.24, 2.45) is 5.92 Å². The third-order valence-corrected chi connectivity index (χ3v) is 5.38. The van der Waals surface area contributed by atoms with E-state index in [0.717, 1.165) is 36.2 Å². The smallest absolute Gasteiger partial charge is 0.138 e. The third kappa shape index (κ3) is 4.27. The van der Waals surface area contributed by atoms with Crippen molar-refractivity contribution in [1.29, 1.82) is 0 Å². The molecule has 2 aromatic carbocycles. The van der Waals surface area contributed by atoms with Gasteiger partial charge in [0.15, 0.2) is 0 Å². The fourth-order valence-corrected chi connectivity index (χ4v) is 3.91. The zero-order valence-electron chi connectivity index (χ0n) is 14.7. The summed E-state index contributed by atoms with van der Waals surface area (Å²) in [4.78, 5) is 4.23. The van der Waals surface area contributed by atoms with Crippen LogP contribution in [0.25, 0.3) is 11.1 Å². The summed E-state index contributed by atoms with van der Waals surface area (Å²) in [5.74, 6) is 1.02. The molecule has 1 aromatic heterocycles. The number of hydrogen-bond donors (Lipinski definition) is 1. The lowest BCUT2D eigenvalue weighted by atomic mass is 9.96. The molecule has 1 unspecified atom stereocenters. The van der Waals surface area contributed by atoms with Crippen LogP contribution in [0.3, 0.4) is 0 Å². The second kappa shape index (κ2) is 8.30. The van der Waals surface area contributed by atoms with E-state index < -0.39 is 0 Å². The van der Waals surface area contributed by atoms with Crippen LogP contribution in [0.5, 0.6) is 5.75 Å². The minimum atomic E-state index is -0.147. The molecular weight excluding hydrogens is 379 g/mol. The van der Waals surface area contributed by atoms with Crippen LogP contribution in [-0.4, -0.2) is 18.1 Å². The number of rotatable bonds is 5. The predicted molar refractivity (Wildman–Crippen MR) is 110 cm³/mol. The molecule has 1 aliphatic rings. The van der Waals surface area contributed by atoms with Crippen molar-refractivity contribution in [2.45, 2.75) is 12.5 Å². The van der Waals surface area contributed by atoms with E-state index >= 15 is 0 Å². The van der Waals surface area contributed by atoms with Crippen molar-refractivity contribution in [1.82, 2.24) is 10.3 Å². The Labute approximate surface area is 169 Å². The van der Waals surface area contributed by atoms with E-state index in [2.05, 4.69) is 22.4 Å². The van der Waals surface area contributed by atoms with E-state index in [1.807, 2.05) is 48.7 Å². The molecule has 0 aliphatic carbocycles. The molecule has 2 heterocycles. The maximum Gasteiger partial charge on any atom is 0.138 e. The molecule has 1 aliphatic heterocycles. The van der Waals surface area contributed by atoms with Gasteiger partial charge >= 0.3 is 0 Å². The van der Waals surface area contributed by atoms with Crippen LogP contribution in [0.2, 0.25) is 10.0 Å². The van der Waals surface area contributed by atoms with Gasteiger partial charge in [-0.05, 0) is 42.3 Å². The van der Waals surface area contributed by atoms with Gasteiger partial charge in [-0.3, -0.25) is 4.98 Å². The monoisotopic (exact) mass is 398 g/mol. The van der Waals surface area contributed by atoms with E-state index in [1.54, 1.807) is 6.20 Å². The van der Waals surface area contributed by atoms with Crippen molar-refractivity contribution in [3.8, 4) is 16.9 Å². The molecule has 1 saturated heterocycles. The SMILES string of the molecule is Clc1cncc(C(Oc2ccc(-c3ccccc3)cc2Cl)[C@H]2CCNC2)c1. The molecule has 1 fully saturated rings. The van der Waals surface area contributed by atoms with Gasteiger partial charge in [-0.1, -0.05) is 59.6 Å². The van der Waals surface area contributed by atoms with Gasteiger partial charge in [0, 0.05) is 30.4 Å². The summed E-state index contributed by atoms with van der Waals surface area (Å²) in [7, 11) is 0. The van der Waals surface area contributed by atoms with Crippen LogP contribution >= 0.6 is 23.2 Å². The first kappa shape index (κ1) is 18.3. The van der Waals surface area contributed by atoms with Gasteiger partial charge < -0.3 is 10.1 Å². The molecule has 27 heavy (non-hydrogen) atoms. The van der Waals surface area contributed by atoms with Crippen molar-refractivity contribution in [3.05, 3.63) is 82.6 Å². The highest BCUT2D eigenvalue weighted by Crippen LogP contribution is 2.37. The lowest BCUT2D eigenvalue weighted by Crippen LogP contribution is -2.21. The van der Waals surface area contributed by atoms with Gasteiger partial charge in [-0.2, -0.15) is 0 Å². The van der Waals surface area contributed by atoms with Gasteiger partial charge in [-0.15, -0.1) is 0 Å². The topological polar surface area (TPSA) is 34.1 Å². The Morgan fingerprint density at radius 1 is 1.00 bits per heavy atom. The van der Waals surface area contributed by atoms with Crippen molar-refractivity contribution >= 4 is 23.2 Å². The van der Waals surface area contributed by atoms with Crippen LogP contribution in [0.15, 0.2) is 67.0 Å². The molecule has 138 valence electrons. The zero-order chi connectivity index (χ0) is 18.6. The lowest BCUT2D eigenvalue weighted by Gasteiger charge is -2.25. The van der Waals surface area contributed by atoms with Crippen LogP contribution < -0.4 is 10.1 Å². The molecule has 0 spiro atoms. The Bertz CT molecular complexity index is 911. The van der Waals surface area contributed by atoms with Crippen LogP contribution in [0.4, 0.5) is 0 Å². The van der Waals surface area contributed by atoms with Crippen molar-refractivity contribution in [2.75, 3.05) is 13.1 Å². The summed E-state index contributed by atoms with van der Waals surface area (Å²) in [5.41, 5.74) is 3.16. The summed E-state index contributed by atoms with van der Waals surface area (Å²) in [6.45, 7) is 1.89. The van der Waals surface area contributed by atoms with E-state index in [9.17, 15) is 0 Å². The van der Waals surface area contributed by atoms with Crippen LogP contribution in [-0.2, 0) is 0 Å². The normalized spacial score (nSPS) is 17.6. The quantitative estimate of drug-likeness (QED) is 0.590. The maximum atomic E-state index is 6.57. The highest BCUT2D eigenvalue weighted by atomic mass is 35.5. The van der Waals surface area contributed by atoms with Gasteiger partial charge in [0.2, 0.25) is 0 Å². The standard InChI is InChI=1S/C22H20Cl2N2O/c23-19-10-18(13-26-14-19)22(17-8-9-25-12-17)27-21-7-6-16(11-20(21)24)15-4-2-1-3-5-15/h1-7,10-11,13-14,17,22,25H,8-9,12H2/t17-,22?/m0/s1. The highest BCUT2D eigenvalue weighted by molar-refractivity contribution is 6.32. The summed E-state index contributed by atoms with van der Waals surface area (Å²) in [6.07, 6.45) is 4.35. The Hall–Kier alpha value is -2.07. The first-order chi connectivity index (χ1) is 13.2. The second-order valence-electron chi connectivity index (χ2n) is 6.74. The molecule has 5 heteroatoms. The average molecular weight is 399 g/mol. The number of nitrogens with one attached hydrogen (secondary N) is 1. The minimum absolute atomic E-state index is 0.147. The van der Waals surface area contributed by atoms with Crippen LogP contribution in [0.1, 0.15) is 18.1 Å². The predicted octanol–water partition coefficient (Wildman–Crippen LogP) is 5.79. The molecule has 0 saturated carbocycles. The third-order valence-electron chi connectivity index (χ3n) is 4.87. The summed E-state index contributed by atoms with van der Waals surface area (Å²) >= 11 is 12.7. The number of aromatic nitrogens is 1. The van der Waals surface area contributed by atoms with E-state index in [1.165, 1.54) is 0 Å². The van der Waals surface area contributed by atoms with Crippen molar-refractivity contribution in [3.63, 3.8) is 0 Å². The highest BCUT2D eigenvalue weighted by Gasteiger charge is 2.29. The van der Waals surface area contributed by atoms with E-state index in [4.69, 9.17) is 27.9 Å². The van der Waals surface area contributed by atoms with Crippen LogP contribution in [0, 0.1) is 5.92 Å². The number of pyridine rings is 1. The lowest BCUT2D eigenvalue weighted by molar-refractivity contribution is 0.144. The summed E-state index contributed by atoms with van der Waals surface area (Å²) < 4.78 is 6.39. The van der Waals surface area contributed by atoms with E-state index in [-0.39, 0.29) is 6.10 Å². The molecule has 2 atom stereocenters. The maximum absolute atomic E-state index is 6.57. The van der Waals surface area contributed by atoms with E-state index in [0.29, 0.717) is 21.7 Å². The largest absolute Gasteiger partial charge is 0.484 e. The number of hydrogen-bond acceptors (Lipinski definition) is 3. The Morgan fingerprint density at radius 2 is 1.85 bits per heavy atom. The molecule has 0 bridgehead atoms. The number of halogens is 2. The summed E-state index contributed by atoms with van der Waals surface area (Å²) in [5, 5.41) is 4.61. The van der Waals surface area contributed by atoms with Gasteiger partial charge in [-0.25, -0.2) is 0 Å². The first-order valence-electron chi connectivity index (χ1n) is 9.03. The number of nitrogens with zero attached hydrogens (tertiary/aromatic N) is 1. The number of ether oxygens (including phenoxy) is 1.